The van der Waals surface area contributed by atoms with Crippen LogP contribution in [-0.4, -0.2) is 57.1 Å². The van der Waals surface area contributed by atoms with Gasteiger partial charge in [-0.05, 0) is 29.9 Å². The molecule has 3 saturated heterocycles. The van der Waals surface area contributed by atoms with Crippen LogP contribution in [0, 0.1) is 0 Å². The van der Waals surface area contributed by atoms with Crippen molar-refractivity contribution in [2.45, 2.75) is 30.5 Å². The molecular formula is C15H17BrN4O2S. The maximum Gasteiger partial charge on any atom is 0.337 e. The number of halogens is 1. The number of hydrogen-bond donors (Lipinski definition) is 1. The number of rotatable bonds is 2. The molecule has 23 heavy (non-hydrogen) atoms. The number of hydrazine groups is 1. The third kappa shape index (κ3) is 2.43. The second-order valence-corrected chi connectivity index (χ2v) is 8.17. The molecule has 4 rings (SSSR count). The normalized spacial score (nSPS) is 30.0. The zero-order valence-corrected chi connectivity index (χ0v) is 15.0. The number of nitrogens with zero attached hydrogens (tertiary/aromatic N) is 3. The minimum Gasteiger partial charge on any atom is -0.310 e. The minimum atomic E-state index is -0.373. The number of urea groups is 1. The van der Waals surface area contributed by atoms with Crippen LogP contribution >= 0.6 is 27.7 Å². The monoisotopic (exact) mass is 396 g/mol. The quantitative estimate of drug-likeness (QED) is 0.828. The van der Waals surface area contributed by atoms with E-state index in [-0.39, 0.29) is 29.5 Å². The molecule has 3 aliphatic heterocycles. The molecule has 3 atom stereocenters. The Morgan fingerprint density at radius 2 is 2.22 bits per heavy atom. The van der Waals surface area contributed by atoms with Crippen molar-refractivity contribution in [2.24, 2.45) is 0 Å². The number of carbonyl (C=O) groups excluding carboxylic acids is 2. The number of amides is 3. The molecule has 0 radical (unpaired) electrons. The van der Waals surface area contributed by atoms with Crippen LogP contribution in [0.1, 0.15) is 12.0 Å². The Hall–Kier alpha value is -1.25. The summed E-state index contributed by atoms with van der Waals surface area (Å²) in [6.45, 7) is 0.470. The maximum absolute atomic E-state index is 12.9. The molecule has 8 heteroatoms. The van der Waals surface area contributed by atoms with Gasteiger partial charge in [0.1, 0.15) is 5.25 Å². The summed E-state index contributed by atoms with van der Waals surface area (Å²) in [5.41, 5.74) is 4.23. The molecule has 0 spiro atoms. The summed E-state index contributed by atoms with van der Waals surface area (Å²) in [6.07, 6.45) is 0.505. The summed E-state index contributed by atoms with van der Waals surface area (Å²) in [7, 11) is 1.76. The molecule has 0 aliphatic carbocycles. The molecule has 3 fully saturated rings. The van der Waals surface area contributed by atoms with E-state index in [1.807, 2.05) is 29.2 Å². The highest BCUT2D eigenvalue weighted by atomic mass is 79.9. The Bertz CT molecular complexity index is 673. The fourth-order valence-electron chi connectivity index (χ4n) is 3.45. The summed E-state index contributed by atoms with van der Waals surface area (Å²) >= 11 is 5.11. The van der Waals surface area contributed by atoms with E-state index in [0.717, 1.165) is 22.2 Å². The molecule has 3 aliphatic rings. The fraction of sp³-hybridized carbons (Fsp3) is 0.467. The molecule has 0 bridgehead atoms. The van der Waals surface area contributed by atoms with Gasteiger partial charge in [-0.1, -0.05) is 28.1 Å². The smallest absolute Gasteiger partial charge is 0.310 e. The van der Waals surface area contributed by atoms with E-state index in [1.165, 1.54) is 0 Å². The lowest BCUT2D eigenvalue weighted by Gasteiger charge is -2.42. The number of benzene rings is 1. The molecular weight excluding hydrogens is 380 g/mol. The SMILES string of the molecule is CN1C(=O)C2SCCC2N2C(=O)N(Cc3cccc(Br)c3)NC12. The van der Waals surface area contributed by atoms with Gasteiger partial charge in [0.05, 0.1) is 12.6 Å². The first-order valence-electron chi connectivity index (χ1n) is 7.55. The molecule has 3 amide bonds. The van der Waals surface area contributed by atoms with Crippen LogP contribution in [0.4, 0.5) is 4.79 Å². The third-order valence-corrected chi connectivity index (χ3v) is 6.43. The number of thioether (sulfide) groups is 1. The van der Waals surface area contributed by atoms with Crippen LogP contribution in [-0.2, 0) is 11.3 Å². The fourth-order valence-corrected chi connectivity index (χ4v) is 5.33. The first-order valence-corrected chi connectivity index (χ1v) is 9.39. The van der Waals surface area contributed by atoms with Crippen LogP contribution in [0.3, 0.4) is 0 Å². The van der Waals surface area contributed by atoms with Crippen molar-refractivity contribution in [1.29, 1.82) is 0 Å². The van der Waals surface area contributed by atoms with Gasteiger partial charge in [0.15, 0.2) is 6.29 Å². The van der Waals surface area contributed by atoms with E-state index in [2.05, 4.69) is 21.4 Å². The predicted octanol–water partition coefficient (Wildman–Crippen LogP) is 1.82. The van der Waals surface area contributed by atoms with E-state index >= 15 is 0 Å². The number of fused-ring (bicyclic) bond motifs is 3. The van der Waals surface area contributed by atoms with Gasteiger partial charge in [-0.3, -0.25) is 14.7 Å². The second-order valence-electron chi connectivity index (χ2n) is 6.01. The van der Waals surface area contributed by atoms with Gasteiger partial charge >= 0.3 is 6.03 Å². The zero-order valence-electron chi connectivity index (χ0n) is 12.6. The highest BCUT2D eigenvalue weighted by Gasteiger charge is 2.54. The Kier molecular flexibility index (Phi) is 3.78. The summed E-state index contributed by atoms with van der Waals surface area (Å²) in [5, 5.41) is 1.49. The standard InChI is InChI=1S/C15H17BrN4O2S/c1-18-13(21)12-11(5-6-23-12)20-14(18)17-19(15(20)22)8-9-3-2-4-10(16)7-9/h2-4,7,11-12,14,17H,5-6,8H2,1H3. The average Bonchev–Trinajstić information content (AvgIpc) is 3.11. The van der Waals surface area contributed by atoms with Crippen molar-refractivity contribution in [1.82, 2.24) is 20.2 Å². The van der Waals surface area contributed by atoms with Crippen molar-refractivity contribution < 1.29 is 9.59 Å². The van der Waals surface area contributed by atoms with E-state index < -0.39 is 0 Å². The van der Waals surface area contributed by atoms with E-state index in [0.29, 0.717) is 6.54 Å². The third-order valence-electron chi connectivity index (χ3n) is 4.59. The lowest BCUT2D eigenvalue weighted by atomic mass is 10.1. The van der Waals surface area contributed by atoms with Crippen molar-refractivity contribution in [3.8, 4) is 0 Å². The Balaban J connectivity index is 1.59. The van der Waals surface area contributed by atoms with Crippen LogP contribution in [0.15, 0.2) is 28.7 Å². The van der Waals surface area contributed by atoms with Crippen molar-refractivity contribution >= 4 is 39.6 Å². The predicted molar refractivity (Wildman–Crippen MR) is 91.3 cm³/mol. The number of carbonyl (C=O) groups is 2. The maximum atomic E-state index is 12.9. The number of nitrogens with one attached hydrogen (secondary N) is 1. The molecule has 122 valence electrons. The van der Waals surface area contributed by atoms with Gasteiger partial charge in [0, 0.05) is 11.5 Å². The summed E-state index contributed by atoms with van der Waals surface area (Å²) < 4.78 is 0.985. The van der Waals surface area contributed by atoms with Crippen LogP contribution in [0.25, 0.3) is 0 Å². The second kappa shape index (κ2) is 5.68. The Morgan fingerprint density at radius 1 is 1.39 bits per heavy atom. The molecule has 1 N–H and O–H groups in total. The first kappa shape index (κ1) is 15.3. The highest BCUT2D eigenvalue weighted by Crippen LogP contribution is 2.38. The average molecular weight is 397 g/mol. The number of hydrogen-bond acceptors (Lipinski definition) is 4. The van der Waals surface area contributed by atoms with Gasteiger partial charge < -0.3 is 4.90 Å². The lowest BCUT2D eigenvalue weighted by molar-refractivity contribution is -0.141. The Labute approximate surface area is 147 Å². The van der Waals surface area contributed by atoms with E-state index in [4.69, 9.17) is 0 Å². The van der Waals surface area contributed by atoms with E-state index in [9.17, 15) is 9.59 Å². The molecule has 3 heterocycles. The van der Waals surface area contributed by atoms with Gasteiger partial charge in [0.25, 0.3) is 0 Å². The summed E-state index contributed by atoms with van der Waals surface area (Å²) in [4.78, 5) is 28.8. The van der Waals surface area contributed by atoms with Crippen LogP contribution in [0.2, 0.25) is 0 Å². The van der Waals surface area contributed by atoms with Crippen molar-refractivity contribution in [2.75, 3.05) is 12.8 Å². The molecule has 6 nitrogen and oxygen atoms in total. The molecule has 0 aromatic heterocycles. The van der Waals surface area contributed by atoms with Crippen LogP contribution < -0.4 is 5.43 Å². The van der Waals surface area contributed by atoms with Crippen molar-refractivity contribution in [3.05, 3.63) is 34.3 Å². The lowest BCUT2D eigenvalue weighted by Crippen LogP contribution is -2.64. The largest absolute Gasteiger partial charge is 0.337 e. The molecule has 3 unspecified atom stereocenters. The Morgan fingerprint density at radius 3 is 3.00 bits per heavy atom. The zero-order chi connectivity index (χ0) is 16.1. The van der Waals surface area contributed by atoms with Crippen molar-refractivity contribution in [3.63, 3.8) is 0 Å². The van der Waals surface area contributed by atoms with E-state index in [1.54, 1.807) is 28.7 Å². The minimum absolute atomic E-state index is 0.00112. The molecule has 1 aromatic rings. The first-order chi connectivity index (χ1) is 11.1. The van der Waals surface area contributed by atoms with Gasteiger partial charge in [-0.15, -0.1) is 11.8 Å². The summed E-state index contributed by atoms with van der Waals surface area (Å²) in [6, 6.07) is 7.84. The summed E-state index contributed by atoms with van der Waals surface area (Å²) in [5.74, 6) is 1.04. The van der Waals surface area contributed by atoms with Gasteiger partial charge in [-0.25, -0.2) is 4.79 Å². The van der Waals surface area contributed by atoms with Gasteiger partial charge in [-0.2, -0.15) is 5.43 Å². The van der Waals surface area contributed by atoms with Gasteiger partial charge in [0.2, 0.25) is 5.91 Å². The van der Waals surface area contributed by atoms with Crippen LogP contribution in [0.5, 0.6) is 0 Å². The topological polar surface area (TPSA) is 55.9 Å². The highest BCUT2D eigenvalue weighted by molar-refractivity contribution is 9.10. The molecule has 0 saturated carbocycles. The molecule has 1 aromatic carbocycles.